The van der Waals surface area contributed by atoms with Crippen molar-refractivity contribution in [3.8, 4) is 6.07 Å². The third-order valence-electron chi connectivity index (χ3n) is 5.14. The van der Waals surface area contributed by atoms with Gasteiger partial charge in [-0.3, -0.25) is 4.79 Å². The van der Waals surface area contributed by atoms with Crippen molar-refractivity contribution in [3.05, 3.63) is 5.82 Å². The maximum atomic E-state index is 12.5. The highest BCUT2D eigenvalue weighted by Crippen LogP contribution is 2.26. The first-order valence-electron chi connectivity index (χ1n) is 8.96. The molecule has 1 N–H and O–H groups in total. The van der Waals surface area contributed by atoms with Gasteiger partial charge in [-0.2, -0.15) is 5.26 Å². The van der Waals surface area contributed by atoms with Gasteiger partial charge in [0.05, 0.1) is 22.8 Å². The van der Waals surface area contributed by atoms with Crippen LogP contribution in [0, 0.1) is 23.2 Å². The third kappa shape index (κ3) is 5.23. The number of hydrogen-bond acceptors (Lipinski definition) is 7. The molecule has 2 rings (SSSR count). The van der Waals surface area contributed by atoms with Gasteiger partial charge in [0, 0.05) is 13.5 Å². The van der Waals surface area contributed by atoms with E-state index in [1.165, 1.54) is 11.8 Å². The van der Waals surface area contributed by atoms with Crippen LogP contribution in [0.1, 0.15) is 39.9 Å². The van der Waals surface area contributed by atoms with E-state index >= 15 is 0 Å². The Morgan fingerprint density at radius 2 is 2.11 bits per heavy atom. The van der Waals surface area contributed by atoms with Crippen molar-refractivity contribution in [1.29, 1.82) is 5.26 Å². The summed E-state index contributed by atoms with van der Waals surface area (Å²) < 4.78 is 25.0. The van der Waals surface area contributed by atoms with Crippen molar-refractivity contribution < 1.29 is 13.2 Å². The van der Waals surface area contributed by atoms with Gasteiger partial charge in [-0.05, 0) is 32.1 Å². The van der Waals surface area contributed by atoms with Crippen molar-refractivity contribution in [3.63, 3.8) is 0 Å². The van der Waals surface area contributed by atoms with Crippen molar-refractivity contribution >= 4 is 27.5 Å². The third-order valence-corrected chi connectivity index (χ3v) is 8.12. The van der Waals surface area contributed by atoms with Gasteiger partial charge in [-0.25, -0.2) is 8.42 Å². The number of nitriles is 1. The fourth-order valence-electron chi connectivity index (χ4n) is 2.79. The highest BCUT2D eigenvalue weighted by molar-refractivity contribution is 8.00. The van der Waals surface area contributed by atoms with Gasteiger partial charge in [0.1, 0.15) is 11.4 Å². The number of rotatable bonds is 7. The number of carbonyl (C=O) groups is 1. The van der Waals surface area contributed by atoms with E-state index in [9.17, 15) is 18.5 Å². The molecule has 1 saturated heterocycles. The molecule has 27 heavy (non-hydrogen) atoms. The summed E-state index contributed by atoms with van der Waals surface area (Å²) in [6.07, 6.45) is 1.21. The monoisotopic (exact) mass is 413 g/mol. The van der Waals surface area contributed by atoms with E-state index in [1.807, 2.05) is 25.5 Å². The summed E-state index contributed by atoms with van der Waals surface area (Å²) in [5.74, 6) is 0.970. The van der Waals surface area contributed by atoms with Gasteiger partial charge in [0.2, 0.25) is 5.91 Å². The Balaban J connectivity index is 2.00. The number of nitrogens with zero attached hydrogens (tertiary/aromatic N) is 4. The van der Waals surface area contributed by atoms with Crippen LogP contribution in [0.5, 0.6) is 0 Å². The van der Waals surface area contributed by atoms with E-state index in [4.69, 9.17) is 0 Å². The number of hydrogen-bond donors (Lipinski definition) is 1. The largest absolute Gasteiger partial charge is 0.337 e. The molecule has 0 aromatic carbocycles. The predicted octanol–water partition coefficient (Wildman–Crippen LogP) is 1.33. The summed E-state index contributed by atoms with van der Waals surface area (Å²) in [6, 6.07) is 2.17. The number of nitrogens with one attached hydrogen (secondary N) is 1. The molecule has 150 valence electrons. The highest BCUT2D eigenvalue weighted by atomic mass is 32.2. The highest BCUT2D eigenvalue weighted by Gasteiger charge is 2.33. The second kappa shape index (κ2) is 8.19. The molecule has 0 bridgehead atoms. The molecule has 8 nitrogen and oxygen atoms in total. The average molecular weight is 414 g/mol. The van der Waals surface area contributed by atoms with E-state index in [2.05, 4.69) is 21.6 Å². The smallest absolute Gasteiger partial charge is 0.234 e. The number of carbonyl (C=O) groups excluding carboxylic acids is 1. The fraction of sp³-hybridized carbons (Fsp3) is 0.765. The van der Waals surface area contributed by atoms with Gasteiger partial charge in [0.25, 0.3) is 0 Å². The molecule has 0 aliphatic carbocycles. The first-order chi connectivity index (χ1) is 12.5. The molecule has 1 aromatic heterocycles. The Kier molecular flexibility index (Phi) is 6.58. The molecule has 1 fully saturated rings. The van der Waals surface area contributed by atoms with Crippen LogP contribution in [-0.4, -0.2) is 51.4 Å². The summed E-state index contributed by atoms with van der Waals surface area (Å²) in [6.45, 7) is 7.25. The Bertz CT molecular complexity index is 843. The first kappa shape index (κ1) is 21.7. The average Bonchev–Trinajstić information content (AvgIpc) is 3.10. The van der Waals surface area contributed by atoms with Crippen LogP contribution in [0.25, 0.3) is 0 Å². The first-order valence-corrected chi connectivity index (χ1v) is 11.7. The molecular formula is C17H27N5O3S2. The van der Waals surface area contributed by atoms with Crippen molar-refractivity contribution in [2.24, 2.45) is 18.9 Å². The number of sulfone groups is 1. The van der Waals surface area contributed by atoms with Gasteiger partial charge >= 0.3 is 0 Å². The van der Waals surface area contributed by atoms with Crippen molar-refractivity contribution in [2.45, 2.75) is 56.5 Å². The van der Waals surface area contributed by atoms with Gasteiger partial charge in [0.15, 0.2) is 15.0 Å². The zero-order valence-corrected chi connectivity index (χ0v) is 18.0. The zero-order chi connectivity index (χ0) is 20.4. The van der Waals surface area contributed by atoms with Crippen LogP contribution >= 0.6 is 11.8 Å². The quantitative estimate of drug-likeness (QED) is 0.670. The molecule has 0 spiro atoms. The minimum absolute atomic E-state index is 0.0206. The number of amides is 1. The minimum atomic E-state index is -2.92. The Hall–Kier alpha value is -1.60. The molecule has 2 heterocycles. The molecule has 1 amide bonds. The predicted molar refractivity (Wildman–Crippen MR) is 104 cm³/mol. The lowest BCUT2D eigenvalue weighted by Crippen LogP contribution is -2.51. The van der Waals surface area contributed by atoms with Crippen LogP contribution in [0.15, 0.2) is 5.16 Å². The van der Waals surface area contributed by atoms with E-state index in [0.717, 1.165) is 5.82 Å². The summed E-state index contributed by atoms with van der Waals surface area (Å²) in [7, 11) is -1.10. The van der Waals surface area contributed by atoms with Gasteiger partial charge < -0.3 is 9.88 Å². The molecule has 0 saturated carbocycles. The van der Waals surface area contributed by atoms with Crippen LogP contribution in [-0.2, 0) is 28.1 Å². The second-order valence-electron chi connectivity index (χ2n) is 7.65. The van der Waals surface area contributed by atoms with Crippen LogP contribution in [0.4, 0.5) is 0 Å². The van der Waals surface area contributed by atoms with Crippen molar-refractivity contribution in [2.75, 3.05) is 11.5 Å². The standard InChI is InChI=1S/C17H27N5O3S2/c1-11(2)17(4,10-18)19-15(23)12(3)26-16-21-20-14(22(16)5)8-13-6-7-27(24,25)9-13/h11-13H,6-9H2,1-5H3,(H,19,23)/t12-,13-,17-/m0/s1. The molecule has 0 radical (unpaired) electrons. The fourth-order valence-corrected chi connectivity index (χ4v) is 5.48. The molecule has 1 aliphatic rings. The summed E-state index contributed by atoms with van der Waals surface area (Å²) in [4.78, 5) is 12.5. The van der Waals surface area contributed by atoms with Gasteiger partial charge in [-0.1, -0.05) is 25.6 Å². The molecule has 0 unspecified atom stereocenters. The maximum Gasteiger partial charge on any atom is 0.234 e. The van der Waals surface area contributed by atoms with Gasteiger partial charge in [-0.15, -0.1) is 10.2 Å². The van der Waals surface area contributed by atoms with Crippen molar-refractivity contribution in [1.82, 2.24) is 20.1 Å². The second-order valence-corrected chi connectivity index (χ2v) is 11.2. The van der Waals surface area contributed by atoms with Crippen LogP contribution in [0.2, 0.25) is 0 Å². The summed E-state index contributed by atoms with van der Waals surface area (Å²) >= 11 is 1.27. The Morgan fingerprint density at radius 3 is 2.63 bits per heavy atom. The zero-order valence-electron chi connectivity index (χ0n) is 16.4. The minimum Gasteiger partial charge on any atom is -0.337 e. The Morgan fingerprint density at radius 1 is 1.44 bits per heavy atom. The van der Waals surface area contributed by atoms with E-state index < -0.39 is 20.6 Å². The number of thioether (sulfide) groups is 1. The number of aromatic nitrogens is 3. The topological polar surface area (TPSA) is 118 Å². The van der Waals surface area contributed by atoms with E-state index in [1.54, 1.807) is 13.8 Å². The molecular weight excluding hydrogens is 386 g/mol. The lowest BCUT2D eigenvalue weighted by atomic mass is 9.90. The maximum absolute atomic E-state index is 12.5. The van der Waals surface area contributed by atoms with Crippen LogP contribution in [0.3, 0.4) is 0 Å². The van der Waals surface area contributed by atoms with Crippen LogP contribution < -0.4 is 5.32 Å². The molecule has 1 aromatic rings. The summed E-state index contributed by atoms with van der Waals surface area (Å²) in [5, 5.41) is 20.6. The summed E-state index contributed by atoms with van der Waals surface area (Å²) in [5.41, 5.74) is -0.926. The SMILES string of the molecule is CC(C)[C@](C)(C#N)NC(=O)[C@H](C)Sc1nnc(C[C@@H]2CCS(=O)(=O)C2)n1C. The lowest BCUT2D eigenvalue weighted by Gasteiger charge is -2.28. The van der Waals surface area contributed by atoms with E-state index in [0.29, 0.717) is 18.0 Å². The van der Waals surface area contributed by atoms with E-state index in [-0.39, 0.29) is 29.2 Å². The normalized spacial score (nSPS) is 22.2. The molecule has 1 aliphatic heterocycles. The lowest BCUT2D eigenvalue weighted by molar-refractivity contribution is -0.121. The molecule has 10 heteroatoms. The molecule has 3 atom stereocenters. The Labute approximate surface area is 165 Å².